The van der Waals surface area contributed by atoms with Crippen LogP contribution in [0.1, 0.15) is 52.9 Å². The van der Waals surface area contributed by atoms with Gasteiger partial charge in [-0.2, -0.15) is 0 Å². The molecule has 3 nitrogen and oxygen atoms in total. The first-order valence-corrected chi connectivity index (χ1v) is 6.72. The zero-order valence-corrected chi connectivity index (χ0v) is 10.5. The van der Waals surface area contributed by atoms with Crippen LogP contribution in [0.5, 0.6) is 0 Å². The molecule has 0 radical (unpaired) electrons. The predicted octanol–water partition coefficient (Wildman–Crippen LogP) is 3.79. The molecule has 0 aliphatic heterocycles. The normalized spacial score (nSPS) is 13.4. The van der Waals surface area contributed by atoms with Gasteiger partial charge in [0.25, 0.3) is 0 Å². The van der Waals surface area contributed by atoms with Crippen LogP contribution in [-0.2, 0) is 13.6 Å². The molecule has 0 bridgehead atoms. The highest BCUT2D eigenvalue weighted by atomic mass is 31.1. The first kappa shape index (κ1) is 14.2. The molecule has 0 spiro atoms. The molecule has 0 aliphatic rings. The van der Waals surface area contributed by atoms with Gasteiger partial charge < -0.3 is 9.05 Å². The largest absolute Gasteiger partial charge is 0.319 e. The Labute approximate surface area is 88.1 Å². The number of hydrogen-bond donors (Lipinski definition) is 0. The van der Waals surface area contributed by atoms with Gasteiger partial charge in [-0.05, 0) is 20.3 Å². The van der Waals surface area contributed by atoms with Crippen molar-refractivity contribution in [3.63, 3.8) is 0 Å². The summed E-state index contributed by atoms with van der Waals surface area (Å²) in [7, 11) is -2.23. The second-order valence-corrected chi connectivity index (χ2v) is 4.70. The molecule has 14 heavy (non-hydrogen) atoms. The van der Waals surface area contributed by atoms with Crippen LogP contribution in [0.4, 0.5) is 0 Å². The van der Waals surface area contributed by atoms with E-state index in [2.05, 4.69) is 6.92 Å². The minimum atomic E-state index is -2.23. The third kappa shape index (κ3) is 10.2. The standard InChI is InChI=1S/C10H23O3P/c1-4-5-6-7-8-9-12-14(11)13-10(2)3/h10,14H,4-9H2,1-3H3. The van der Waals surface area contributed by atoms with Crippen LogP contribution in [0.15, 0.2) is 0 Å². The molecule has 0 saturated heterocycles. The molecular weight excluding hydrogens is 199 g/mol. The van der Waals surface area contributed by atoms with Gasteiger partial charge in [0.05, 0.1) is 12.7 Å². The van der Waals surface area contributed by atoms with Crippen molar-refractivity contribution in [3.8, 4) is 0 Å². The summed E-state index contributed by atoms with van der Waals surface area (Å²) in [5.41, 5.74) is 0. The Balaban J connectivity index is 3.15. The van der Waals surface area contributed by atoms with Crippen LogP contribution in [-0.4, -0.2) is 12.7 Å². The lowest BCUT2D eigenvalue weighted by Gasteiger charge is -2.07. The number of hydrogen-bond acceptors (Lipinski definition) is 3. The molecule has 0 N–H and O–H groups in total. The second-order valence-electron chi connectivity index (χ2n) is 3.68. The van der Waals surface area contributed by atoms with Gasteiger partial charge in [0.2, 0.25) is 0 Å². The average Bonchev–Trinajstić information content (AvgIpc) is 2.10. The Kier molecular flexibility index (Phi) is 9.80. The maximum atomic E-state index is 11.1. The quantitative estimate of drug-likeness (QED) is 0.440. The molecular formula is C10H23O3P. The fourth-order valence-electron chi connectivity index (χ4n) is 1.09. The molecule has 4 heteroatoms. The maximum Gasteiger partial charge on any atom is 0.319 e. The molecule has 86 valence electrons. The van der Waals surface area contributed by atoms with Gasteiger partial charge in [0.15, 0.2) is 0 Å². The summed E-state index contributed by atoms with van der Waals surface area (Å²) in [5.74, 6) is 0. The lowest BCUT2D eigenvalue weighted by atomic mass is 10.2. The van der Waals surface area contributed by atoms with Crippen molar-refractivity contribution in [3.05, 3.63) is 0 Å². The molecule has 0 aliphatic carbocycles. The highest BCUT2D eigenvalue weighted by Gasteiger charge is 2.01. The highest BCUT2D eigenvalue weighted by molar-refractivity contribution is 7.33. The smallest absolute Gasteiger partial charge is 0.311 e. The van der Waals surface area contributed by atoms with E-state index in [0.29, 0.717) is 6.61 Å². The zero-order valence-electron chi connectivity index (χ0n) is 9.54. The summed E-state index contributed by atoms with van der Waals surface area (Å²) in [6.45, 7) is 6.46. The molecule has 0 aromatic heterocycles. The lowest BCUT2D eigenvalue weighted by molar-refractivity contribution is 0.185. The molecule has 0 aromatic carbocycles. The first-order valence-electron chi connectivity index (χ1n) is 5.50. The maximum absolute atomic E-state index is 11.1. The monoisotopic (exact) mass is 222 g/mol. The fraction of sp³-hybridized carbons (Fsp3) is 1.00. The van der Waals surface area contributed by atoms with Crippen molar-refractivity contribution in [2.45, 2.75) is 59.0 Å². The summed E-state index contributed by atoms with van der Waals surface area (Å²) < 4.78 is 21.1. The summed E-state index contributed by atoms with van der Waals surface area (Å²) in [6.07, 6.45) is 5.89. The van der Waals surface area contributed by atoms with E-state index >= 15 is 0 Å². The molecule has 1 atom stereocenters. The molecule has 0 heterocycles. The van der Waals surface area contributed by atoms with E-state index in [1.807, 2.05) is 13.8 Å². The summed E-state index contributed by atoms with van der Waals surface area (Å²) in [6, 6.07) is 0. The third-order valence-electron chi connectivity index (χ3n) is 1.80. The predicted molar refractivity (Wildman–Crippen MR) is 59.9 cm³/mol. The molecule has 1 unspecified atom stereocenters. The zero-order chi connectivity index (χ0) is 10.8. The van der Waals surface area contributed by atoms with E-state index in [0.717, 1.165) is 12.8 Å². The van der Waals surface area contributed by atoms with Gasteiger partial charge in [-0.3, -0.25) is 4.57 Å². The number of unbranched alkanes of at least 4 members (excludes halogenated alkanes) is 4. The van der Waals surface area contributed by atoms with E-state index in [9.17, 15) is 4.57 Å². The Bertz CT molecular complexity index is 148. The highest BCUT2D eigenvalue weighted by Crippen LogP contribution is 2.26. The third-order valence-corrected chi connectivity index (χ3v) is 2.90. The van der Waals surface area contributed by atoms with Crippen LogP contribution in [0.2, 0.25) is 0 Å². The van der Waals surface area contributed by atoms with E-state index in [-0.39, 0.29) is 6.10 Å². The summed E-state index contributed by atoms with van der Waals surface area (Å²) >= 11 is 0. The molecule has 0 rings (SSSR count). The van der Waals surface area contributed by atoms with E-state index in [1.54, 1.807) is 0 Å². The van der Waals surface area contributed by atoms with Gasteiger partial charge in [0.1, 0.15) is 0 Å². The van der Waals surface area contributed by atoms with Gasteiger partial charge in [-0.1, -0.05) is 32.6 Å². The molecule has 0 amide bonds. The van der Waals surface area contributed by atoms with Crippen LogP contribution < -0.4 is 0 Å². The van der Waals surface area contributed by atoms with Crippen LogP contribution >= 0.6 is 8.25 Å². The Hall–Kier alpha value is 0.150. The number of rotatable bonds is 9. The van der Waals surface area contributed by atoms with Crippen molar-refractivity contribution < 1.29 is 13.6 Å². The van der Waals surface area contributed by atoms with Crippen LogP contribution in [0, 0.1) is 0 Å². The average molecular weight is 222 g/mol. The van der Waals surface area contributed by atoms with Gasteiger partial charge in [-0.25, -0.2) is 0 Å². The topological polar surface area (TPSA) is 35.5 Å². The second kappa shape index (κ2) is 9.70. The Morgan fingerprint density at radius 1 is 1.14 bits per heavy atom. The fourth-order valence-corrected chi connectivity index (χ4v) is 1.85. The van der Waals surface area contributed by atoms with E-state index in [4.69, 9.17) is 9.05 Å². The molecule has 0 aromatic rings. The van der Waals surface area contributed by atoms with Gasteiger partial charge in [0, 0.05) is 0 Å². The SMILES string of the molecule is CCCCCCCO[PH](=O)OC(C)C. The Morgan fingerprint density at radius 2 is 1.79 bits per heavy atom. The minimum Gasteiger partial charge on any atom is -0.311 e. The van der Waals surface area contributed by atoms with Crippen molar-refractivity contribution in [1.82, 2.24) is 0 Å². The van der Waals surface area contributed by atoms with Crippen molar-refractivity contribution in [2.24, 2.45) is 0 Å². The van der Waals surface area contributed by atoms with E-state index in [1.165, 1.54) is 19.3 Å². The van der Waals surface area contributed by atoms with Crippen LogP contribution in [0.3, 0.4) is 0 Å². The summed E-state index contributed by atoms with van der Waals surface area (Å²) in [5, 5.41) is 0. The van der Waals surface area contributed by atoms with Crippen molar-refractivity contribution in [1.29, 1.82) is 0 Å². The van der Waals surface area contributed by atoms with Gasteiger partial charge in [-0.15, -0.1) is 0 Å². The van der Waals surface area contributed by atoms with E-state index < -0.39 is 8.25 Å². The lowest BCUT2D eigenvalue weighted by Crippen LogP contribution is -1.96. The summed E-state index contributed by atoms with van der Waals surface area (Å²) in [4.78, 5) is 0. The van der Waals surface area contributed by atoms with Crippen molar-refractivity contribution in [2.75, 3.05) is 6.61 Å². The molecule has 0 saturated carbocycles. The van der Waals surface area contributed by atoms with Gasteiger partial charge >= 0.3 is 8.25 Å². The molecule has 0 fully saturated rings. The van der Waals surface area contributed by atoms with Crippen molar-refractivity contribution >= 4 is 8.25 Å². The minimum absolute atomic E-state index is 0.0125. The van der Waals surface area contributed by atoms with Crippen LogP contribution in [0.25, 0.3) is 0 Å². The first-order chi connectivity index (χ1) is 6.66. The Morgan fingerprint density at radius 3 is 2.36 bits per heavy atom.